The summed E-state index contributed by atoms with van der Waals surface area (Å²) in [5.74, 6) is 0.478. The number of esters is 1. The number of nitrogens with zero attached hydrogens (tertiary/aromatic N) is 4. The summed E-state index contributed by atoms with van der Waals surface area (Å²) in [7, 11) is 2.95. The number of hydrogen-bond acceptors (Lipinski definition) is 7. The van der Waals surface area contributed by atoms with Crippen LogP contribution in [-0.4, -0.2) is 58.1 Å². The standard InChI is InChI=1S/C22H24N4O4S/c1-29-19-10-8-18(9-11-19)26-16-23-24-22(26)31-15-20(27)25(13-12-21(28)30-2)14-17-6-4-3-5-7-17/h3-11,16H,12-15H2,1-2H3. The van der Waals surface area contributed by atoms with Crippen LogP contribution in [0.3, 0.4) is 0 Å². The summed E-state index contributed by atoms with van der Waals surface area (Å²) in [6.45, 7) is 0.703. The number of aromatic nitrogens is 3. The number of carbonyl (C=O) groups is 2. The molecule has 0 N–H and O–H groups in total. The summed E-state index contributed by atoms with van der Waals surface area (Å²) in [5.41, 5.74) is 1.86. The van der Waals surface area contributed by atoms with Crippen LogP contribution in [0.2, 0.25) is 0 Å². The highest BCUT2D eigenvalue weighted by molar-refractivity contribution is 7.99. The van der Waals surface area contributed by atoms with Crippen LogP contribution in [0.5, 0.6) is 5.75 Å². The van der Waals surface area contributed by atoms with Gasteiger partial charge in [0.25, 0.3) is 0 Å². The Kier molecular flexibility index (Phi) is 8.05. The maximum atomic E-state index is 13.0. The summed E-state index contributed by atoms with van der Waals surface area (Å²) in [5, 5.41) is 8.72. The van der Waals surface area contributed by atoms with Crippen molar-refractivity contribution < 1.29 is 19.1 Å². The van der Waals surface area contributed by atoms with Crippen LogP contribution in [0.1, 0.15) is 12.0 Å². The van der Waals surface area contributed by atoms with Crippen molar-refractivity contribution in [3.8, 4) is 11.4 Å². The Hall–Kier alpha value is -3.33. The molecule has 0 bridgehead atoms. The molecule has 8 nitrogen and oxygen atoms in total. The monoisotopic (exact) mass is 440 g/mol. The quantitative estimate of drug-likeness (QED) is 0.354. The average molecular weight is 441 g/mol. The predicted molar refractivity (Wildman–Crippen MR) is 117 cm³/mol. The van der Waals surface area contributed by atoms with Gasteiger partial charge in [-0.25, -0.2) is 0 Å². The van der Waals surface area contributed by atoms with Gasteiger partial charge < -0.3 is 14.4 Å². The first kappa shape index (κ1) is 22.4. The van der Waals surface area contributed by atoms with E-state index in [1.54, 1.807) is 18.3 Å². The van der Waals surface area contributed by atoms with Crippen LogP contribution in [0.25, 0.3) is 5.69 Å². The Balaban J connectivity index is 1.67. The minimum atomic E-state index is -0.349. The second-order valence-corrected chi connectivity index (χ2v) is 7.54. The van der Waals surface area contributed by atoms with Crippen molar-refractivity contribution in [2.45, 2.75) is 18.1 Å². The molecular formula is C22H24N4O4S. The van der Waals surface area contributed by atoms with Crippen LogP contribution in [0.15, 0.2) is 66.1 Å². The molecule has 1 amide bonds. The van der Waals surface area contributed by atoms with Crippen LogP contribution < -0.4 is 4.74 Å². The molecule has 0 spiro atoms. The molecule has 9 heteroatoms. The first-order valence-electron chi connectivity index (χ1n) is 9.66. The second kappa shape index (κ2) is 11.2. The zero-order chi connectivity index (χ0) is 22.1. The van der Waals surface area contributed by atoms with Gasteiger partial charge in [-0.2, -0.15) is 0 Å². The highest BCUT2D eigenvalue weighted by Gasteiger charge is 2.18. The van der Waals surface area contributed by atoms with Crippen LogP contribution in [0.4, 0.5) is 0 Å². The Morgan fingerprint density at radius 2 is 1.81 bits per heavy atom. The van der Waals surface area contributed by atoms with Gasteiger partial charge in [0.15, 0.2) is 5.16 Å². The zero-order valence-electron chi connectivity index (χ0n) is 17.4. The number of methoxy groups -OCH3 is 2. The topological polar surface area (TPSA) is 86.5 Å². The lowest BCUT2D eigenvalue weighted by Gasteiger charge is -2.22. The maximum Gasteiger partial charge on any atom is 0.307 e. The molecular weight excluding hydrogens is 416 g/mol. The SMILES string of the molecule is COC(=O)CCN(Cc1ccccc1)C(=O)CSc1nncn1-c1ccc(OC)cc1. The second-order valence-electron chi connectivity index (χ2n) is 6.60. The fraction of sp³-hybridized carbons (Fsp3) is 0.273. The number of hydrogen-bond donors (Lipinski definition) is 0. The van der Waals surface area contributed by atoms with Crippen molar-refractivity contribution in [2.24, 2.45) is 0 Å². The molecule has 162 valence electrons. The minimum Gasteiger partial charge on any atom is -0.497 e. The number of benzene rings is 2. The van der Waals surface area contributed by atoms with Crippen molar-refractivity contribution in [3.05, 3.63) is 66.5 Å². The van der Waals surface area contributed by atoms with Gasteiger partial charge in [-0.1, -0.05) is 42.1 Å². The number of amides is 1. The first-order valence-corrected chi connectivity index (χ1v) is 10.6. The highest BCUT2D eigenvalue weighted by Crippen LogP contribution is 2.22. The molecule has 3 rings (SSSR count). The van der Waals surface area contributed by atoms with E-state index in [-0.39, 0.29) is 30.6 Å². The molecule has 31 heavy (non-hydrogen) atoms. The lowest BCUT2D eigenvalue weighted by atomic mass is 10.2. The Bertz CT molecular complexity index is 992. The maximum absolute atomic E-state index is 13.0. The lowest BCUT2D eigenvalue weighted by molar-refractivity contribution is -0.141. The smallest absolute Gasteiger partial charge is 0.307 e. The molecule has 0 saturated carbocycles. The summed E-state index contributed by atoms with van der Waals surface area (Å²) >= 11 is 1.30. The van der Waals surface area contributed by atoms with Crippen LogP contribution in [-0.2, 0) is 20.9 Å². The minimum absolute atomic E-state index is 0.0953. The predicted octanol–water partition coefficient (Wildman–Crippen LogP) is 2.96. The van der Waals surface area contributed by atoms with Crippen molar-refractivity contribution in [3.63, 3.8) is 0 Å². The molecule has 0 aliphatic carbocycles. The van der Waals surface area contributed by atoms with Gasteiger partial charge in [0.2, 0.25) is 5.91 Å². The largest absolute Gasteiger partial charge is 0.497 e. The molecule has 0 saturated heterocycles. The number of thioether (sulfide) groups is 1. The van der Waals surface area contributed by atoms with Crippen LogP contribution >= 0.6 is 11.8 Å². The molecule has 1 heterocycles. The molecule has 0 unspecified atom stereocenters. The van der Waals surface area contributed by atoms with Gasteiger partial charge in [0.05, 0.1) is 26.4 Å². The number of ether oxygens (including phenoxy) is 2. The zero-order valence-corrected chi connectivity index (χ0v) is 18.2. The normalized spacial score (nSPS) is 10.5. The third-order valence-electron chi connectivity index (χ3n) is 4.57. The molecule has 0 aliphatic heterocycles. The lowest BCUT2D eigenvalue weighted by Crippen LogP contribution is -2.34. The molecule has 1 aromatic heterocycles. The number of carbonyl (C=O) groups excluding carboxylic acids is 2. The van der Waals surface area contributed by atoms with E-state index in [0.717, 1.165) is 17.0 Å². The third-order valence-corrected chi connectivity index (χ3v) is 5.50. The molecule has 0 radical (unpaired) electrons. The van der Waals surface area contributed by atoms with Gasteiger partial charge in [0.1, 0.15) is 12.1 Å². The van der Waals surface area contributed by atoms with E-state index in [1.807, 2.05) is 59.2 Å². The van der Waals surface area contributed by atoms with E-state index < -0.39 is 0 Å². The molecule has 0 fully saturated rings. The van der Waals surface area contributed by atoms with Gasteiger partial charge in [-0.05, 0) is 29.8 Å². The van der Waals surface area contributed by atoms with Gasteiger partial charge in [-0.3, -0.25) is 14.2 Å². The van der Waals surface area contributed by atoms with Gasteiger partial charge in [0, 0.05) is 18.8 Å². The average Bonchev–Trinajstić information content (AvgIpc) is 3.29. The fourth-order valence-corrected chi connectivity index (χ4v) is 3.72. The summed E-state index contributed by atoms with van der Waals surface area (Å²) in [6.07, 6.45) is 1.75. The van der Waals surface area contributed by atoms with Crippen molar-refractivity contribution in [1.82, 2.24) is 19.7 Å². The Morgan fingerprint density at radius 3 is 2.48 bits per heavy atom. The van der Waals surface area contributed by atoms with Crippen LogP contribution in [0, 0.1) is 0 Å². The van der Waals surface area contributed by atoms with Crippen molar-refractivity contribution >= 4 is 23.6 Å². The molecule has 0 atom stereocenters. The third kappa shape index (κ3) is 6.32. The van der Waals surface area contributed by atoms with Gasteiger partial charge >= 0.3 is 5.97 Å². The fourth-order valence-electron chi connectivity index (χ4n) is 2.88. The first-order chi connectivity index (χ1) is 15.1. The Morgan fingerprint density at radius 1 is 1.06 bits per heavy atom. The molecule has 2 aromatic carbocycles. The summed E-state index contributed by atoms with van der Waals surface area (Å²) in [6, 6.07) is 17.2. The van der Waals surface area contributed by atoms with E-state index in [1.165, 1.54) is 18.9 Å². The van der Waals surface area contributed by atoms with E-state index in [9.17, 15) is 9.59 Å². The van der Waals surface area contributed by atoms with Crippen molar-refractivity contribution in [1.29, 1.82) is 0 Å². The van der Waals surface area contributed by atoms with E-state index in [0.29, 0.717) is 11.7 Å². The van der Waals surface area contributed by atoms with E-state index in [2.05, 4.69) is 10.2 Å². The summed E-state index contributed by atoms with van der Waals surface area (Å²) in [4.78, 5) is 26.2. The van der Waals surface area contributed by atoms with E-state index in [4.69, 9.17) is 9.47 Å². The van der Waals surface area contributed by atoms with E-state index >= 15 is 0 Å². The van der Waals surface area contributed by atoms with Gasteiger partial charge in [-0.15, -0.1) is 10.2 Å². The number of rotatable bonds is 10. The Labute approximate surface area is 185 Å². The highest BCUT2D eigenvalue weighted by atomic mass is 32.2. The molecule has 0 aliphatic rings. The van der Waals surface area contributed by atoms with Crippen molar-refractivity contribution in [2.75, 3.05) is 26.5 Å². The molecule has 3 aromatic rings. The summed E-state index contributed by atoms with van der Waals surface area (Å²) < 4.78 is 11.7.